The molecule has 0 aliphatic rings. The van der Waals surface area contributed by atoms with Gasteiger partial charge < -0.3 is 4.74 Å². The molecule has 0 fully saturated rings. The van der Waals surface area contributed by atoms with E-state index in [4.69, 9.17) is 16.3 Å². The number of sulfonamides is 1. The number of nitrogens with one attached hydrogen (secondary N) is 1. The van der Waals surface area contributed by atoms with Gasteiger partial charge in [0.1, 0.15) is 0 Å². The first-order valence-electron chi connectivity index (χ1n) is 6.58. The van der Waals surface area contributed by atoms with E-state index in [-0.39, 0.29) is 17.7 Å². The maximum Gasteiger partial charge on any atom is 0.212 e. The number of halogens is 1. The van der Waals surface area contributed by atoms with Crippen molar-refractivity contribution >= 4 is 21.6 Å². The summed E-state index contributed by atoms with van der Waals surface area (Å²) in [5.41, 5.74) is 1.01. The molecule has 0 heterocycles. The van der Waals surface area contributed by atoms with E-state index in [9.17, 15) is 8.42 Å². The normalized spacial score (nSPS) is 14.9. The first-order valence-corrected chi connectivity index (χ1v) is 8.77. The molecule has 0 amide bonds. The number of hydrogen-bond donors (Lipinski definition) is 1. The number of rotatable bonds is 9. The van der Waals surface area contributed by atoms with Crippen molar-refractivity contribution in [3.8, 4) is 0 Å². The van der Waals surface area contributed by atoms with Crippen LogP contribution in [0.1, 0.15) is 24.8 Å². The second-order valence-corrected chi connectivity index (χ2v) is 7.02. The lowest BCUT2D eigenvalue weighted by molar-refractivity contribution is 0.173. The van der Waals surface area contributed by atoms with Crippen LogP contribution in [0.25, 0.3) is 0 Å². The van der Waals surface area contributed by atoms with E-state index < -0.39 is 10.0 Å². The SMILES string of the molecule is COCC(CCCl)NS(=O)(=O)CC(C)c1ccccc1. The summed E-state index contributed by atoms with van der Waals surface area (Å²) in [7, 11) is -1.82. The molecule has 0 saturated carbocycles. The third-order valence-electron chi connectivity index (χ3n) is 3.01. The van der Waals surface area contributed by atoms with Crippen LogP contribution in [0.15, 0.2) is 30.3 Å². The Morgan fingerprint density at radius 2 is 1.95 bits per heavy atom. The molecular weight excluding hydrogens is 298 g/mol. The highest BCUT2D eigenvalue weighted by Crippen LogP contribution is 2.16. The number of hydrogen-bond acceptors (Lipinski definition) is 3. The van der Waals surface area contributed by atoms with Crippen LogP contribution in [0.3, 0.4) is 0 Å². The topological polar surface area (TPSA) is 55.4 Å². The van der Waals surface area contributed by atoms with Gasteiger partial charge in [0.25, 0.3) is 0 Å². The molecule has 2 atom stereocenters. The van der Waals surface area contributed by atoms with E-state index in [1.807, 2.05) is 37.3 Å². The summed E-state index contributed by atoms with van der Waals surface area (Å²) in [5.74, 6) is 0.387. The van der Waals surface area contributed by atoms with E-state index in [1.165, 1.54) is 0 Å². The van der Waals surface area contributed by atoms with Crippen molar-refractivity contribution in [3.05, 3.63) is 35.9 Å². The van der Waals surface area contributed by atoms with Crippen molar-refractivity contribution in [1.82, 2.24) is 4.72 Å². The first kappa shape index (κ1) is 17.4. The highest BCUT2D eigenvalue weighted by molar-refractivity contribution is 7.89. The summed E-state index contributed by atoms with van der Waals surface area (Å²) < 4.78 is 32.0. The van der Waals surface area contributed by atoms with Gasteiger partial charge in [0.15, 0.2) is 0 Å². The zero-order valence-corrected chi connectivity index (χ0v) is 13.5. The third-order valence-corrected chi connectivity index (χ3v) is 4.86. The molecular formula is C14H22ClNO3S. The highest BCUT2D eigenvalue weighted by Gasteiger charge is 2.21. The van der Waals surface area contributed by atoms with Gasteiger partial charge in [-0.2, -0.15) is 0 Å². The Morgan fingerprint density at radius 3 is 2.50 bits per heavy atom. The summed E-state index contributed by atoms with van der Waals surface area (Å²) in [4.78, 5) is 0. The van der Waals surface area contributed by atoms with Crippen molar-refractivity contribution in [2.24, 2.45) is 0 Å². The fourth-order valence-corrected chi connectivity index (χ4v) is 3.92. The maximum absolute atomic E-state index is 12.2. The summed E-state index contributed by atoms with van der Waals surface area (Å²) in [6, 6.07) is 9.33. The van der Waals surface area contributed by atoms with Crippen LogP contribution >= 0.6 is 11.6 Å². The average molecular weight is 320 g/mol. The molecule has 0 spiro atoms. The summed E-state index contributed by atoms with van der Waals surface area (Å²) in [5, 5.41) is 0. The van der Waals surface area contributed by atoms with Crippen LogP contribution < -0.4 is 4.72 Å². The summed E-state index contributed by atoms with van der Waals surface area (Å²) in [6.07, 6.45) is 0.550. The molecule has 0 aromatic heterocycles. The van der Waals surface area contributed by atoms with Gasteiger partial charge in [-0.15, -0.1) is 11.6 Å². The van der Waals surface area contributed by atoms with E-state index in [2.05, 4.69) is 4.72 Å². The standard InChI is InChI=1S/C14H22ClNO3S/c1-12(13-6-4-3-5-7-13)11-20(17,18)16-14(8-9-15)10-19-2/h3-7,12,14,16H,8-11H2,1-2H3. The van der Waals surface area contributed by atoms with Crippen LogP contribution in [0.2, 0.25) is 0 Å². The predicted octanol–water partition coefficient (Wildman–Crippen LogP) is 2.35. The van der Waals surface area contributed by atoms with Crippen molar-refractivity contribution < 1.29 is 13.2 Å². The van der Waals surface area contributed by atoms with Gasteiger partial charge in [-0.1, -0.05) is 37.3 Å². The second kappa shape index (κ2) is 8.62. The minimum atomic E-state index is -3.36. The van der Waals surface area contributed by atoms with Gasteiger partial charge in [-0.25, -0.2) is 13.1 Å². The molecule has 0 bridgehead atoms. The van der Waals surface area contributed by atoms with Gasteiger partial charge in [0.2, 0.25) is 10.0 Å². The zero-order chi connectivity index (χ0) is 15.0. The van der Waals surface area contributed by atoms with Crippen molar-refractivity contribution in [3.63, 3.8) is 0 Å². The molecule has 4 nitrogen and oxygen atoms in total. The Hall–Kier alpha value is -0.620. The molecule has 0 aliphatic heterocycles. The quantitative estimate of drug-likeness (QED) is 0.711. The molecule has 1 aromatic carbocycles. The highest BCUT2D eigenvalue weighted by atomic mass is 35.5. The van der Waals surface area contributed by atoms with E-state index >= 15 is 0 Å². The lowest BCUT2D eigenvalue weighted by Crippen LogP contribution is -2.40. The molecule has 114 valence electrons. The second-order valence-electron chi connectivity index (χ2n) is 4.84. The van der Waals surface area contributed by atoms with Gasteiger partial charge in [-0.05, 0) is 17.9 Å². The molecule has 1 aromatic rings. The molecule has 0 aliphatic carbocycles. The Bertz CT molecular complexity index is 472. The van der Waals surface area contributed by atoms with Gasteiger partial charge in [-0.3, -0.25) is 0 Å². The van der Waals surface area contributed by atoms with Crippen LogP contribution in [0.5, 0.6) is 0 Å². The van der Waals surface area contributed by atoms with Gasteiger partial charge in [0.05, 0.1) is 12.4 Å². The Morgan fingerprint density at radius 1 is 1.30 bits per heavy atom. The van der Waals surface area contributed by atoms with Crippen LogP contribution in [0.4, 0.5) is 0 Å². The van der Waals surface area contributed by atoms with Crippen LogP contribution in [0, 0.1) is 0 Å². The molecule has 0 radical (unpaired) electrons. The number of benzene rings is 1. The van der Waals surface area contributed by atoms with Crippen molar-refractivity contribution in [2.45, 2.75) is 25.3 Å². The minimum absolute atomic E-state index is 0.0551. The Labute approximate surface area is 126 Å². The Kier molecular flexibility index (Phi) is 7.51. The fraction of sp³-hybridized carbons (Fsp3) is 0.571. The summed E-state index contributed by atoms with van der Waals surface area (Å²) >= 11 is 5.67. The fourth-order valence-electron chi connectivity index (χ4n) is 2.02. The largest absolute Gasteiger partial charge is 0.383 e. The smallest absolute Gasteiger partial charge is 0.212 e. The average Bonchev–Trinajstić information content (AvgIpc) is 2.39. The third kappa shape index (κ3) is 6.22. The minimum Gasteiger partial charge on any atom is -0.383 e. The molecule has 1 N–H and O–H groups in total. The molecule has 2 unspecified atom stereocenters. The number of ether oxygens (including phenoxy) is 1. The van der Waals surface area contributed by atoms with Gasteiger partial charge >= 0.3 is 0 Å². The van der Waals surface area contributed by atoms with E-state index in [1.54, 1.807) is 7.11 Å². The monoisotopic (exact) mass is 319 g/mol. The van der Waals surface area contributed by atoms with Gasteiger partial charge in [0, 0.05) is 19.0 Å². The lowest BCUT2D eigenvalue weighted by atomic mass is 10.0. The lowest BCUT2D eigenvalue weighted by Gasteiger charge is -2.19. The maximum atomic E-state index is 12.2. The molecule has 0 saturated heterocycles. The van der Waals surface area contributed by atoms with Crippen molar-refractivity contribution in [1.29, 1.82) is 0 Å². The zero-order valence-electron chi connectivity index (χ0n) is 11.9. The molecule has 20 heavy (non-hydrogen) atoms. The first-order chi connectivity index (χ1) is 9.48. The number of methoxy groups -OCH3 is 1. The van der Waals surface area contributed by atoms with Crippen LogP contribution in [-0.2, 0) is 14.8 Å². The van der Waals surface area contributed by atoms with E-state index in [0.717, 1.165) is 5.56 Å². The summed E-state index contributed by atoms with van der Waals surface area (Å²) in [6.45, 7) is 2.23. The van der Waals surface area contributed by atoms with Crippen LogP contribution in [-0.4, -0.2) is 39.8 Å². The predicted molar refractivity (Wildman–Crippen MR) is 82.8 cm³/mol. The molecule has 1 rings (SSSR count). The van der Waals surface area contributed by atoms with E-state index in [0.29, 0.717) is 18.9 Å². The Balaban J connectivity index is 2.64. The number of alkyl halides is 1. The molecule has 6 heteroatoms. The van der Waals surface area contributed by atoms with Crippen molar-refractivity contribution in [2.75, 3.05) is 25.3 Å².